The van der Waals surface area contributed by atoms with Crippen LogP contribution in [0.2, 0.25) is 0 Å². The Labute approximate surface area is 157 Å². The lowest BCUT2D eigenvalue weighted by Crippen LogP contribution is -2.29. The van der Waals surface area contributed by atoms with Crippen LogP contribution in [0, 0.1) is 11.6 Å². The highest BCUT2D eigenvalue weighted by molar-refractivity contribution is 7.99. The molecule has 1 aromatic heterocycles. The van der Waals surface area contributed by atoms with Gasteiger partial charge in [-0.05, 0) is 13.0 Å². The lowest BCUT2D eigenvalue weighted by atomic mass is 10.1. The number of aromatic amines is 1. The summed E-state index contributed by atoms with van der Waals surface area (Å²) in [5.41, 5.74) is -0.0924. The Balaban J connectivity index is 1.97. The first-order valence-corrected chi connectivity index (χ1v) is 8.81. The first-order valence-electron chi connectivity index (χ1n) is 7.82. The maximum absolute atomic E-state index is 13.7. The number of thioether (sulfide) groups is 1. The number of H-pyrrole nitrogens is 1. The lowest BCUT2D eigenvalue weighted by molar-refractivity contribution is -0.139. The molecule has 0 aliphatic heterocycles. The van der Waals surface area contributed by atoms with Crippen molar-refractivity contribution < 1.29 is 23.1 Å². The van der Waals surface area contributed by atoms with E-state index >= 15 is 0 Å². The molecule has 0 unspecified atom stereocenters. The number of carbonyl (C=O) groups excluding carboxylic acids is 2. The van der Waals surface area contributed by atoms with Crippen LogP contribution in [-0.2, 0) is 20.7 Å². The summed E-state index contributed by atoms with van der Waals surface area (Å²) in [6, 6.07) is 3.61. The second-order valence-corrected chi connectivity index (χ2v) is 6.50. The van der Waals surface area contributed by atoms with Gasteiger partial charge < -0.3 is 15.0 Å². The summed E-state index contributed by atoms with van der Waals surface area (Å²) in [5.74, 6) is -2.53. The maximum Gasteiger partial charge on any atom is 0.311 e. The molecule has 0 radical (unpaired) electrons. The van der Waals surface area contributed by atoms with Gasteiger partial charge in [0.2, 0.25) is 5.91 Å². The van der Waals surface area contributed by atoms with Crippen molar-refractivity contribution in [3.63, 3.8) is 0 Å². The van der Waals surface area contributed by atoms with Crippen LogP contribution in [0.1, 0.15) is 24.2 Å². The van der Waals surface area contributed by atoms with Gasteiger partial charge in [0.25, 0.3) is 5.56 Å². The monoisotopic (exact) mass is 397 g/mol. The van der Waals surface area contributed by atoms with Gasteiger partial charge in [0.15, 0.2) is 5.16 Å². The minimum Gasteiger partial charge on any atom is -0.469 e. The van der Waals surface area contributed by atoms with Crippen LogP contribution in [0.15, 0.2) is 34.2 Å². The summed E-state index contributed by atoms with van der Waals surface area (Å²) in [6.07, 6.45) is -0.166. The van der Waals surface area contributed by atoms with Gasteiger partial charge in [-0.2, -0.15) is 0 Å². The number of halogens is 2. The molecule has 0 bridgehead atoms. The van der Waals surface area contributed by atoms with Crippen molar-refractivity contribution >= 4 is 23.6 Å². The lowest BCUT2D eigenvalue weighted by Gasteiger charge is -2.15. The van der Waals surface area contributed by atoms with Gasteiger partial charge in [-0.25, -0.2) is 13.8 Å². The van der Waals surface area contributed by atoms with Gasteiger partial charge in [0.1, 0.15) is 11.6 Å². The van der Waals surface area contributed by atoms with Crippen LogP contribution in [0.4, 0.5) is 8.78 Å². The number of carbonyl (C=O) groups is 2. The Kier molecular flexibility index (Phi) is 7.05. The molecule has 0 aliphatic rings. The first kappa shape index (κ1) is 20.6. The Hall–Kier alpha value is -2.75. The van der Waals surface area contributed by atoms with Crippen LogP contribution in [0.3, 0.4) is 0 Å². The van der Waals surface area contributed by atoms with Crippen LogP contribution in [0.5, 0.6) is 0 Å². The van der Waals surface area contributed by atoms with E-state index in [9.17, 15) is 23.2 Å². The molecule has 2 rings (SSSR count). The Morgan fingerprint density at radius 2 is 2.07 bits per heavy atom. The summed E-state index contributed by atoms with van der Waals surface area (Å²) in [7, 11) is 1.22. The maximum atomic E-state index is 13.7. The molecule has 10 heteroatoms. The standard InChI is InChI=1S/C17H17F2N3O4S/c1-9(12-4-3-10(18)5-13(12)19)20-15(24)8-27-17-21-11(6-14(23)22-17)7-16(25)26-2/h3-6,9H,7-8H2,1-2H3,(H,20,24)(H,21,22,23)/t9-/m1/s1. The van der Waals surface area contributed by atoms with E-state index < -0.39 is 35.1 Å². The molecule has 1 aromatic carbocycles. The fraction of sp³-hybridized carbons (Fsp3) is 0.294. The molecule has 0 saturated heterocycles. The predicted octanol–water partition coefficient (Wildman–Crippen LogP) is 1.73. The fourth-order valence-electron chi connectivity index (χ4n) is 2.21. The topological polar surface area (TPSA) is 101 Å². The van der Waals surface area contributed by atoms with E-state index in [-0.39, 0.29) is 28.6 Å². The summed E-state index contributed by atoms with van der Waals surface area (Å²) in [4.78, 5) is 41.5. The smallest absolute Gasteiger partial charge is 0.311 e. The number of hydrogen-bond donors (Lipinski definition) is 2. The van der Waals surface area contributed by atoms with Crippen molar-refractivity contribution in [2.75, 3.05) is 12.9 Å². The first-order chi connectivity index (χ1) is 12.8. The summed E-state index contributed by atoms with van der Waals surface area (Å²) < 4.78 is 31.2. The quantitative estimate of drug-likeness (QED) is 0.419. The molecule has 1 atom stereocenters. The third-order valence-electron chi connectivity index (χ3n) is 3.47. The Morgan fingerprint density at radius 1 is 1.33 bits per heavy atom. The van der Waals surface area contributed by atoms with Crippen LogP contribution < -0.4 is 10.9 Å². The number of ether oxygens (including phenoxy) is 1. The number of esters is 1. The molecule has 0 saturated carbocycles. The van der Waals surface area contributed by atoms with Gasteiger partial charge in [-0.1, -0.05) is 17.8 Å². The van der Waals surface area contributed by atoms with Gasteiger partial charge in [-0.15, -0.1) is 0 Å². The van der Waals surface area contributed by atoms with Crippen molar-refractivity contribution in [3.05, 3.63) is 57.5 Å². The minimum atomic E-state index is -0.753. The molecule has 1 heterocycles. The minimum absolute atomic E-state index is 0.0994. The zero-order chi connectivity index (χ0) is 20.0. The van der Waals surface area contributed by atoms with E-state index in [4.69, 9.17) is 0 Å². The second kappa shape index (κ2) is 9.26. The molecule has 27 heavy (non-hydrogen) atoms. The average Bonchev–Trinajstić information content (AvgIpc) is 2.59. The zero-order valence-electron chi connectivity index (χ0n) is 14.5. The summed E-state index contributed by atoms with van der Waals surface area (Å²) >= 11 is 0.951. The van der Waals surface area contributed by atoms with E-state index in [0.717, 1.165) is 23.9 Å². The third kappa shape index (κ3) is 6.17. The van der Waals surface area contributed by atoms with Gasteiger partial charge in [0.05, 0.1) is 31.0 Å². The van der Waals surface area contributed by atoms with Crippen molar-refractivity contribution in [2.45, 2.75) is 24.5 Å². The third-order valence-corrected chi connectivity index (χ3v) is 4.35. The van der Waals surface area contributed by atoms with E-state index in [1.54, 1.807) is 6.92 Å². The highest BCUT2D eigenvalue weighted by atomic mass is 32.2. The van der Waals surface area contributed by atoms with E-state index in [1.807, 2.05) is 0 Å². The molecule has 0 fully saturated rings. The number of nitrogens with zero attached hydrogens (tertiary/aromatic N) is 1. The number of methoxy groups -OCH3 is 1. The zero-order valence-corrected chi connectivity index (χ0v) is 15.4. The second-order valence-electron chi connectivity index (χ2n) is 5.54. The SMILES string of the molecule is COC(=O)Cc1cc(=O)[nH]c(SCC(=O)N[C@H](C)c2ccc(F)cc2F)n1. The van der Waals surface area contributed by atoms with Crippen LogP contribution >= 0.6 is 11.8 Å². The number of aromatic nitrogens is 2. The van der Waals surface area contributed by atoms with Gasteiger partial charge in [-0.3, -0.25) is 14.4 Å². The normalized spacial score (nSPS) is 11.7. The number of rotatable bonds is 7. The predicted molar refractivity (Wildman–Crippen MR) is 94.2 cm³/mol. The van der Waals surface area contributed by atoms with E-state index in [0.29, 0.717) is 0 Å². The molecular formula is C17H17F2N3O4S. The Morgan fingerprint density at radius 3 is 2.74 bits per heavy atom. The molecule has 0 aliphatic carbocycles. The molecule has 0 spiro atoms. The van der Waals surface area contributed by atoms with Crippen LogP contribution in [-0.4, -0.2) is 34.7 Å². The van der Waals surface area contributed by atoms with Crippen molar-refractivity contribution in [2.24, 2.45) is 0 Å². The molecule has 2 N–H and O–H groups in total. The van der Waals surface area contributed by atoms with Crippen molar-refractivity contribution in [1.29, 1.82) is 0 Å². The summed E-state index contributed by atoms with van der Waals surface area (Å²) in [5, 5.41) is 2.75. The van der Waals surface area contributed by atoms with Gasteiger partial charge in [0, 0.05) is 17.7 Å². The number of nitrogens with one attached hydrogen (secondary N) is 2. The van der Waals surface area contributed by atoms with Crippen LogP contribution in [0.25, 0.3) is 0 Å². The number of benzene rings is 1. The molecule has 7 nitrogen and oxygen atoms in total. The molecule has 1 amide bonds. The molecular weight excluding hydrogens is 380 g/mol. The highest BCUT2D eigenvalue weighted by Gasteiger charge is 2.15. The Bertz CT molecular complexity index is 904. The number of amides is 1. The van der Waals surface area contributed by atoms with E-state index in [1.165, 1.54) is 19.2 Å². The molecule has 144 valence electrons. The molecule has 2 aromatic rings. The fourth-order valence-corrected chi connectivity index (χ4v) is 2.92. The highest BCUT2D eigenvalue weighted by Crippen LogP contribution is 2.18. The van der Waals surface area contributed by atoms with Gasteiger partial charge >= 0.3 is 5.97 Å². The largest absolute Gasteiger partial charge is 0.469 e. The van der Waals surface area contributed by atoms with E-state index in [2.05, 4.69) is 20.0 Å². The van der Waals surface area contributed by atoms with Crippen molar-refractivity contribution in [1.82, 2.24) is 15.3 Å². The number of hydrogen-bond acceptors (Lipinski definition) is 6. The average molecular weight is 397 g/mol. The van der Waals surface area contributed by atoms with Crippen molar-refractivity contribution in [3.8, 4) is 0 Å². The summed E-state index contributed by atoms with van der Waals surface area (Å²) in [6.45, 7) is 1.57.